The summed E-state index contributed by atoms with van der Waals surface area (Å²) in [5.41, 5.74) is 3.80. The molecule has 2 aromatic carbocycles. The second kappa shape index (κ2) is 9.98. The molecule has 0 unspecified atom stereocenters. The van der Waals surface area contributed by atoms with Crippen molar-refractivity contribution in [2.45, 2.75) is 32.9 Å². The van der Waals surface area contributed by atoms with E-state index in [1.807, 2.05) is 18.2 Å². The lowest BCUT2D eigenvalue weighted by Crippen LogP contribution is -2.37. The number of hydrogen-bond donors (Lipinski definition) is 1. The first-order valence-corrected chi connectivity index (χ1v) is 13.5. The summed E-state index contributed by atoms with van der Waals surface area (Å²) >= 11 is 3.18. The predicted octanol–water partition coefficient (Wildman–Crippen LogP) is 5.45. The van der Waals surface area contributed by atoms with Crippen LogP contribution in [0.25, 0.3) is 20.8 Å². The molecule has 0 saturated heterocycles. The van der Waals surface area contributed by atoms with Gasteiger partial charge in [0.2, 0.25) is 5.91 Å². The molecule has 190 valence electrons. The predicted molar refractivity (Wildman–Crippen MR) is 150 cm³/mol. The van der Waals surface area contributed by atoms with Crippen LogP contribution in [0, 0.1) is 0 Å². The fourth-order valence-corrected chi connectivity index (χ4v) is 7.25. The number of hydrogen-bond acceptors (Lipinski definition) is 7. The van der Waals surface area contributed by atoms with Crippen molar-refractivity contribution < 1.29 is 14.4 Å². The molecule has 0 fully saturated rings. The minimum atomic E-state index is -0.435. The normalized spacial score (nSPS) is 15.2. The summed E-state index contributed by atoms with van der Waals surface area (Å²) in [6.07, 6.45) is 0.879. The summed E-state index contributed by atoms with van der Waals surface area (Å²) in [5, 5.41) is 4.64. The molecule has 2 aliphatic rings. The summed E-state index contributed by atoms with van der Waals surface area (Å²) in [6, 6.07) is 15.1. The fourth-order valence-electron chi connectivity index (χ4n) is 4.85. The van der Waals surface area contributed by atoms with E-state index in [1.54, 1.807) is 46.9 Å². The van der Waals surface area contributed by atoms with Gasteiger partial charge in [0, 0.05) is 29.6 Å². The smallest absolute Gasteiger partial charge is 0.262 e. The Labute approximate surface area is 228 Å². The minimum Gasteiger partial charge on any atom is -0.316 e. The first-order chi connectivity index (χ1) is 17.4. The van der Waals surface area contributed by atoms with Gasteiger partial charge in [-0.3, -0.25) is 24.2 Å². The molecule has 0 spiro atoms. The van der Waals surface area contributed by atoms with Crippen LogP contribution in [-0.4, -0.2) is 51.6 Å². The quantitative estimate of drug-likeness (QED) is 0.333. The van der Waals surface area contributed by atoms with E-state index in [4.69, 9.17) is 4.98 Å². The number of anilines is 1. The Kier molecular flexibility index (Phi) is 6.89. The highest BCUT2D eigenvalue weighted by Crippen LogP contribution is 2.46. The van der Waals surface area contributed by atoms with E-state index in [9.17, 15) is 14.4 Å². The monoisotopic (exact) mass is 552 g/mol. The molecule has 3 amide bonds. The molecule has 0 radical (unpaired) electrons. The second-order valence-corrected chi connectivity index (χ2v) is 11.4. The first kappa shape index (κ1) is 25.5. The Balaban J connectivity index is 0.00000280. The summed E-state index contributed by atoms with van der Waals surface area (Å²) in [5.74, 6) is -1.27. The molecule has 37 heavy (non-hydrogen) atoms. The highest BCUT2D eigenvalue weighted by Gasteiger charge is 2.37. The van der Waals surface area contributed by atoms with Crippen LogP contribution in [0.15, 0.2) is 48.5 Å². The van der Waals surface area contributed by atoms with Crippen molar-refractivity contribution in [2.24, 2.45) is 0 Å². The molecule has 0 saturated carbocycles. The maximum absolute atomic E-state index is 13.2. The van der Waals surface area contributed by atoms with Gasteiger partial charge in [0.25, 0.3) is 11.8 Å². The number of aromatic nitrogens is 1. The molecular formula is C27H25ClN4O3S2. The molecule has 6 rings (SSSR count). The van der Waals surface area contributed by atoms with E-state index in [2.05, 4.69) is 30.1 Å². The maximum Gasteiger partial charge on any atom is 0.262 e. The van der Waals surface area contributed by atoms with Gasteiger partial charge in [-0.15, -0.1) is 35.1 Å². The van der Waals surface area contributed by atoms with Crippen LogP contribution in [-0.2, 0) is 17.8 Å². The number of fused-ring (bicyclic) bond motifs is 3. The third kappa shape index (κ3) is 4.46. The standard InChI is InChI=1S/C27H24N4O3S2.ClH/c1-15(2)30-12-11-18-21(13-30)36-25(23(18)24-28-19-9-5-6-10-20(19)35-24)29-22(32)14-31-26(33)16-7-3-4-8-17(16)27(31)34;/h3-10,15H,11-14H2,1-2H3,(H,29,32);1H. The zero-order valence-electron chi connectivity index (χ0n) is 20.3. The molecule has 2 aromatic heterocycles. The molecule has 1 N–H and O–H groups in total. The maximum atomic E-state index is 13.2. The van der Waals surface area contributed by atoms with E-state index >= 15 is 0 Å². The van der Waals surface area contributed by atoms with Crippen molar-refractivity contribution in [1.29, 1.82) is 0 Å². The summed E-state index contributed by atoms with van der Waals surface area (Å²) in [6.45, 7) is 5.83. The summed E-state index contributed by atoms with van der Waals surface area (Å²) in [7, 11) is 0. The number of thiazole rings is 1. The van der Waals surface area contributed by atoms with Gasteiger partial charge in [-0.1, -0.05) is 24.3 Å². The minimum absolute atomic E-state index is 0. The van der Waals surface area contributed by atoms with E-state index < -0.39 is 17.7 Å². The lowest BCUT2D eigenvalue weighted by atomic mass is 10.0. The Morgan fingerprint density at radius 3 is 2.38 bits per heavy atom. The van der Waals surface area contributed by atoms with Gasteiger partial charge < -0.3 is 5.32 Å². The van der Waals surface area contributed by atoms with E-state index in [0.29, 0.717) is 17.2 Å². The van der Waals surface area contributed by atoms with Crippen molar-refractivity contribution in [3.63, 3.8) is 0 Å². The average molecular weight is 553 g/mol. The zero-order chi connectivity index (χ0) is 25.0. The number of thiophene rings is 1. The van der Waals surface area contributed by atoms with Crippen molar-refractivity contribution >= 4 is 68.0 Å². The average Bonchev–Trinajstić information content (AvgIpc) is 3.52. The second-order valence-electron chi connectivity index (χ2n) is 9.30. The van der Waals surface area contributed by atoms with Gasteiger partial charge in [0.15, 0.2) is 0 Å². The molecule has 0 aliphatic carbocycles. The fraction of sp³-hybridized carbons (Fsp3) is 0.259. The van der Waals surface area contributed by atoms with E-state index in [1.165, 1.54) is 10.4 Å². The van der Waals surface area contributed by atoms with Gasteiger partial charge in [0.1, 0.15) is 16.6 Å². The number of carbonyl (C=O) groups excluding carboxylic acids is 3. The van der Waals surface area contributed by atoms with Crippen molar-refractivity contribution in [3.8, 4) is 10.6 Å². The number of nitrogens with one attached hydrogen (secondary N) is 1. The van der Waals surface area contributed by atoms with Crippen molar-refractivity contribution in [3.05, 3.63) is 70.1 Å². The number of carbonyl (C=O) groups is 3. The number of halogens is 1. The number of rotatable bonds is 5. The number of benzene rings is 2. The van der Waals surface area contributed by atoms with Crippen LogP contribution in [0.4, 0.5) is 5.00 Å². The molecular weight excluding hydrogens is 528 g/mol. The number of amides is 3. The highest BCUT2D eigenvalue weighted by atomic mass is 35.5. The van der Waals surface area contributed by atoms with Gasteiger partial charge in [-0.05, 0) is 50.1 Å². The highest BCUT2D eigenvalue weighted by molar-refractivity contribution is 7.22. The topological polar surface area (TPSA) is 82.6 Å². The van der Waals surface area contributed by atoms with Crippen LogP contribution < -0.4 is 5.32 Å². The molecule has 10 heteroatoms. The number of nitrogens with zero attached hydrogens (tertiary/aromatic N) is 3. The van der Waals surface area contributed by atoms with E-state index in [-0.39, 0.29) is 19.0 Å². The summed E-state index contributed by atoms with van der Waals surface area (Å²) < 4.78 is 1.09. The Morgan fingerprint density at radius 2 is 1.70 bits per heavy atom. The Morgan fingerprint density at radius 1 is 1.03 bits per heavy atom. The molecule has 0 bridgehead atoms. The van der Waals surface area contributed by atoms with Crippen LogP contribution in [0.2, 0.25) is 0 Å². The first-order valence-electron chi connectivity index (χ1n) is 11.9. The third-order valence-corrected chi connectivity index (χ3v) is 8.94. The van der Waals surface area contributed by atoms with Gasteiger partial charge in [-0.2, -0.15) is 0 Å². The van der Waals surface area contributed by atoms with Crippen molar-refractivity contribution in [2.75, 3.05) is 18.4 Å². The van der Waals surface area contributed by atoms with Gasteiger partial charge in [0.05, 0.1) is 21.3 Å². The van der Waals surface area contributed by atoms with Crippen LogP contribution >= 0.6 is 35.1 Å². The van der Waals surface area contributed by atoms with Crippen molar-refractivity contribution in [1.82, 2.24) is 14.8 Å². The van der Waals surface area contributed by atoms with Gasteiger partial charge in [-0.25, -0.2) is 4.98 Å². The Bertz CT molecular complexity index is 1480. The summed E-state index contributed by atoms with van der Waals surface area (Å²) in [4.78, 5) is 48.2. The van der Waals surface area contributed by atoms with Crippen LogP contribution in [0.5, 0.6) is 0 Å². The number of imide groups is 1. The van der Waals surface area contributed by atoms with Gasteiger partial charge >= 0.3 is 0 Å². The number of para-hydroxylation sites is 1. The zero-order valence-corrected chi connectivity index (χ0v) is 22.8. The molecule has 2 aliphatic heterocycles. The SMILES string of the molecule is CC(C)N1CCc2c(sc(NC(=O)CN3C(=O)c4ccccc4C3=O)c2-c2nc3ccccc3s2)C1.Cl. The lowest BCUT2D eigenvalue weighted by molar-refractivity contribution is -0.116. The third-order valence-electron chi connectivity index (χ3n) is 6.76. The molecule has 4 aromatic rings. The van der Waals surface area contributed by atoms with E-state index in [0.717, 1.165) is 50.2 Å². The largest absolute Gasteiger partial charge is 0.316 e. The molecule has 0 atom stereocenters. The van der Waals surface area contributed by atoms with Crippen LogP contribution in [0.1, 0.15) is 45.0 Å². The van der Waals surface area contributed by atoms with Crippen LogP contribution in [0.3, 0.4) is 0 Å². The molecule has 4 heterocycles. The molecule has 7 nitrogen and oxygen atoms in total. The Hall–Kier alpha value is -3.11. The lowest BCUT2D eigenvalue weighted by Gasteiger charge is -2.30.